The summed E-state index contributed by atoms with van der Waals surface area (Å²) in [6.07, 6.45) is -4.31. The molecule has 4 heterocycles. The number of likely N-dealkylation sites (tertiary alicyclic amines) is 1. The summed E-state index contributed by atoms with van der Waals surface area (Å²) in [6.45, 7) is 3.06. The lowest BCUT2D eigenvalue weighted by molar-refractivity contribution is -0.275. The third-order valence-corrected chi connectivity index (χ3v) is 12.0. The number of amides is 2. The van der Waals surface area contributed by atoms with Crippen molar-refractivity contribution in [1.29, 1.82) is 0 Å². The summed E-state index contributed by atoms with van der Waals surface area (Å²) in [5.74, 6) is -4.13. The number of carbonyl (C=O) groups is 2. The summed E-state index contributed by atoms with van der Waals surface area (Å²) in [5.41, 5.74) is -3.34. The lowest BCUT2D eigenvalue weighted by Gasteiger charge is -2.52. The van der Waals surface area contributed by atoms with E-state index in [0.717, 1.165) is 43.3 Å². The number of piperidine rings is 1. The van der Waals surface area contributed by atoms with E-state index in [2.05, 4.69) is 14.6 Å². The molecule has 0 radical (unpaired) electrons. The van der Waals surface area contributed by atoms with Gasteiger partial charge in [-0.25, -0.2) is 22.1 Å². The molecule has 3 aliphatic rings. The maximum Gasteiger partial charge on any atom is 0.573 e. The largest absolute Gasteiger partial charge is 0.573 e. The second-order valence-electron chi connectivity index (χ2n) is 12.8. The summed E-state index contributed by atoms with van der Waals surface area (Å²) in [5, 5.41) is 12.4. The molecule has 2 aromatic carbocycles. The number of pyridine rings is 1. The number of hydrogen-bond donors (Lipinski definition) is 0. The summed E-state index contributed by atoms with van der Waals surface area (Å²) in [4.78, 5) is 36.8. The topological polar surface area (TPSA) is 145 Å². The molecule has 2 unspecified atom stereocenters. The van der Waals surface area contributed by atoms with E-state index >= 15 is 9.18 Å². The van der Waals surface area contributed by atoms with E-state index < -0.39 is 67.0 Å². The summed E-state index contributed by atoms with van der Waals surface area (Å²) < 4.78 is 101. The average Bonchev–Trinajstić information content (AvgIpc) is 3.35. The fourth-order valence-electron chi connectivity index (χ4n) is 7.56. The van der Waals surface area contributed by atoms with Gasteiger partial charge in [0.2, 0.25) is 5.88 Å². The molecule has 0 saturated carbocycles. The van der Waals surface area contributed by atoms with E-state index in [0.29, 0.717) is 25.0 Å². The number of carboxylic acid groups (broad SMARTS) is 1. The van der Waals surface area contributed by atoms with Gasteiger partial charge in [0.25, 0.3) is 15.9 Å². The van der Waals surface area contributed by atoms with Crippen molar-refractivity contribution in [2.45, 2.75) is 48.5 Å². The predicted molar refractivity (Wildman–Crippen MR) is 180 cm³/mol. The number of methoxy groups -OCH3 is 1. The number of ether oxygens (including phenoxy) is 3. The van der Waals surface area contributed by atoms with Gasteiger partial charge < -0.3 is 33.9 Å². The van der Waals surface area contributed by atoms with E-state index in [-0.39, 0.29) is 59.3 Å². The Balaban J connectivity index is 1.65. The van der Waals surface area contributed by atoms with Crippen LogP contribution in [0, 0.1) is 5.82 Å². The van der Waals surface area contributed by atoms with Gasteiger partial charge in [-0.05, 0) is 64.2 Å². The molecule has 2 fully saturated rings. The number of rotatable bonds is 9. The number of hydrogen-bond acceptors (Lipinski definition) is 11. The Morgan fingerprint density at radius 2 is 1.81 bits per heavy atom. The number of anilines is 1. The Kier molecular flexibility index (Phi) is 10.5. The molecular formula is C34H35ClF4N5O8S-. The normalized spacial score (nSPS) is 21.8. The number of nitrogens with zero attached hydrogens (tertiary/aromatic N) is 5. The first kappa shape index (κ1) is 38.3. The first-order valence-electron chi connectivity index (χ1n) is 16.6. The Bertz CT molecular complexity index is 2020. The van der Waals surface area contributed by atoms with Gasteiger partial charge in [-0.1, -0.05) is 17.7 Å². The van der Waals surface area contributed by atoms with Gasteiger partial charge in [0.05, 0.1) is 30.5 Å². The zero-order valence-electron chi connectivity index (χ0n) is 28.7. The summed E-state index contributed by atoms with van der Waals surface area (Å²) >= 11 is 6.35. The summed E-state index contributed by atoms with van der Waals surface area (Å²) in [7, 11) is -2.34. The number of sulfonamides is 1. The van der Waals surface area contributed by atoms with Gasteiger partial charge in [-0.15, -0.1) is 13.2 Å². The third-order valence-electron chi connectivity index (χ3n) is 9.93. The highest BCUT2D eigenvalue weighted by molar-refractivity contribution is 7.93. The van der Waals surface area contributed by atoms with Gasteiger partial charge >= 0.3 is 6.36 Å². The van der Waals surface area contributed by atoms with Crippen LogP contribution < -0.4 is 23.6 Å². The predicted octanol–water partition coefficient (Wildman–Crippen LogP) is 3.63. The summed E-state index contributed by atoms with van der Waals surface area (Å²) in [6, 6.07) is 5.45. The Morgan fingerprint density at radius 1 is 1.09 bits per heavy atom. The maximum atomic E-state index is 15.5. The molecular weight excluding hydrogens is 750 g/mol. The van der Waals surface area contributed by atoms with Crippen LogP contribution in [-0.4, -0.2) is 112 Å². The van der Waals surface area contributed by atoms with Crippen LogP contribution in [0.25, 0.3) is 0 Å². The zero-order valence-corrected chi connectivity index (χ0v) is 30.3. The lowest BCUT2D eigenvalue weighted by atomic mass is 9.68. The molecule has 2 atom stereocenters. The van der Waals surface area contributed by atoms with E-state index in [9.17, 15) is 31.5 Å². The Morgan fingerprint density at radius 3 is 2.45 bits per heavy atom. The number of piperazine rings is 1. The minimum Gasteiger partial charge on any atom is -0.530 e. The molecule has 0 bridgehead atoms. The molecule has 13 nitrogen and oxygen atoms in total. The highest BCUT2D eigenvalue weighted by Crippen LogP contribution is 2.55. The molecule has 53 heavy (non-hydrogen) atoms. The van der Waals surface area contributed by atoms with Gasteiger partial charge in [-0.3, -0.25) is 9.69 Å². The zero-order chi connectivity index (χ0) is 38.5. The van der Waals surface area contributed by atoms with E-state index in [1.165, 1.54) is 18.3 Å². The highest BCUT2D eigenvalue weighted by atomic mass is 35.5. The first-order valence-corrected chi connectivity index (χ1v) is 18.4. The number of aromatic nitrogens is 1. The number of fused-ring (bicyclic) bond motifs is 1. The van der Waals surface area contributed by atoms with Gasteiger partial charge in [0.15, 0.2) is 5.75 Å². The molecule has 2 amide bonds. The van der Waals surface area contributed by atoms with Crippen molar-refractivity contribution >= 4 is 39.3 Å². The van der Waals surface area contributed by atoms with Crippen LogP contribution in [0.3, 0.4) is 0 Å². The minimum atomic E-state index is -5.45. The molecule has 286 valence electrons. The average molecular weight is 785 g/mol. The Hall–Kier alpha value is -4.39. The van der Waals surface area contributed by atoms with Crippen molar-refractivity contribution in [3.05, 3.63) is 70.6 Å². The molecule has 1 aromatic heterocycles. The molecule has 0 spiro atoms. The second kappa shape index (κ2) is 14.4. The van der Waals surface area contributed by atoms with Crippen LogP contribution in [0.15, 0.2) is 53.6 Å². The standard InChI is InChI=1S/C34H36ClF4N5O8S/c1-4-51-30-22(6-5-11-40-30)33(29-19-42(14-15-43(29)32(46)47)20-9-12-41(2)13-10-20)23-17-24(35)25(36)18-26(23)44(31(33)45)53(48,49)28-8-7-21(50-3)16-27(28)52-34(37,38)39/h5-8,11,16-18,20,29H,4,9-10,12-15,19H2,1-3H3,(H,46,47)/p-1. The quantitative estimate of drug-likeness (QED) is 0.294. The SMILES string of the molecule is CCOc1ncccc1C1(C2CN(C3CCN(C)CC3)CCN2C(=O)[O-])C(=O)N(S(=O)(=O)c2ccc(OC)cc2OC(F)(F)F)c2cc(F)c(Cl)cc21. The highest BCUT2D eigenvalue weighted by Gasteiger charge is 2.64. The van der Waals surface area contributed by atoms with Crippen molar-refractivity contribution in [3.63, 3.8) is 0 Å². The number of halogens is 5. The molecule has 0 aliphatic carbocycles. The van der Waals surface area contributed by atoms with Crippen LogP contribution >= 0.6 is 11.6 Å². The van der Waals surface area contributed by atoms with Crippen LogP contribution in [0.1, 0.15) is 30.9 Å². The molecule has 0 N–H and O–H groups in total. The molecule has 6 rings (SSSR count). The molecule has 3 aliphatic heterocycles. The van der Waals surface area contributed by atoms with Gasteiger partial charge in [0.1, 0.15) is 28.0 Å². The van der Waals surface area contributed by atoms with Crippen LogP contribution in [-0.2, 0) is 20.2 Å². The van der Waals surface area contributed by atoms with E-state index in [1.807, 2.05) is 11.9 Å². The maximum absolute atomic E-state index is 15.5. The second-order valence-corrected chi connectivity index (χ2v) is 15.0. The third kappa shape index (κ3) is 6.81. The van der Waals surface area contributed by atoms with Crippen molar-refractivity contribution in [2.24, 2.45) is 0 Å². The fraction of sp³-hybridized carbons (Fsp3) is 0.441. The number of alkyl halides is 3. The first-order chi connectivity index (χ1) is 25.0. The van der Waals surface area contributed by atoms with Crippen molar-refractivity contribution in [3.8, 4) is 17.4 Å². The molecule has 19 heteroatoms. The molecule has 2 saturated heterocycles. The Labute approximate surface area is 307 Å². The van der Waals surface area contributed by atoms with Crippen LogP contribution in [0.4, 0.5) is 28.0 Å². The van der Waals surface area contributed by atoms with E-state index in [1.54, 1.807) is 6.92 Å². The van der Waals surface area contributed by atoms with Crippen molar-refractivity contribution in [2.75, 3.05) is 57.8 Å². The van der Waals surface area contributed by atoms with Gasteiger partial charge in [-0.2, -0.15) is 0 Å². The van der Waals surface area contributed by atoms with Crippen LogP contribution in [0.2, 0.25) is 5.02 Å². The lowest BCUT2D eigenvalue weighted by Crippen LogP contribution is -2.69. The smallest absolute Gasteiger partial charge is 0.530 e. The number of benzene rings is 2. The van der Waals surface area contributed by atoms with Gasteiger partial charge in [0, 0.05) is 55.1 Å². The van der Waals surface area contributed by atoms with E-state index in [4.69, 9.17) is 21.1 Å². The minimum absolute atomic E-state index is 0.00784. The molecule has 3 aromatic rings. The van der Waals surface area contributed by atoms with Crippen molar-refractivity contribution < 1.29 is 54.9 Å². The monoisotopic (exact) mass is 784 g/mol. The van der Waals surface area contributed by atoms with Crippen molar-refractivity contribution in [1.82, 2.24) is 19.7 Å². The van der Waals surface area contributed by atoms with Crippen LogP contribution in [0.5, 0.6) is 17.4 Å². The fourth-order valence-corrected chi connectivity index (χ4v) is 9.29. The number of carbonyl (C=O) groups excluding carboxylic acids is 2.